The van der Waals surface area contributed by atoms with E-state index in [2.05, 4.69) is 38.7 Å². The van der Waals surface area contributed by atoms with Crippen molar-refractivity contribution >= 4 is 53.7 Å². The fourth-order valence-corrected chi connectivity index (χ4v) is 7.76. The number of morpholine rings is 1. The molecule has 2 unspecified atom stereocenters. The van der Waals surface area contributed by atoms with Gasteiger partial charge < -0.3 is 4.74 Å². The summed E-state index contributed by atoms with van der Waals surface area (Å²) < 4.78 is 7.35. The van der Waals surface area contributed by atoms with Crippen LogP contribution >= 0.6 is 11.6 Å². The molecule has 1 aliphatic heterocycles. The van der Waals surface area contributed by atoms with Gasteiger partial charge in [-0.3, -0.25) is 0 Å². The van der Waals surface area contributed by atoms with Crippen molar-refractivity contribution in [2.75, 3.05) is 38.2 Å². The van der Waals surface area contributed by atoms with Crippen molar-refractivity contribution in [3.63, 3.8) is 0 Å². The Hall–Kier alpha value is -2.44. The van der Waals surface area contributed by atoms with E-state index in [1.165, 1.54) is 24.0 Å². The summed E-state index contributed by atoms with van der Waals surface area (Å²) >= 11 is 5.56. The second kappa shape index (κ2) is 12.4. The molecule has 5 rings (SSSR count). The fraction of sp³-hybridized carbons (Fsp3) is 0.393. The molecule has 1 amide bonds. The third-order valence-corrected chi connectivity index (χ3v) is 10.4. The molecule has 9 heteroatoms. The van der Waals surface area contributed by atoms with Crippen LogP contribution in [-0.4, -0.2) is 75.4 Å². The van der Waals surface area contributed by atoms with Crippen molar-refractivity contribution in [2.24, 2.45) is 0 Å². The number of nitrogens with one attached hydrogen (secondary N) is 2. The van der Waals surface area contributed by atoms with Crippen LogP contribution < -0.4 is 19.5 Å². The second-order valence-electron chi connectivity index (χ2n) is 9.41. The van der Waals surface area contributed by atoms with Crippen LogP contribution in [0.5, 0.6) is 0 Å². The number of nitrogens with zero attached hydrogens (tertiary/aromatic N) is 3. The van der Waals surface area contributed by atoms with Crippen molar-refractivity contribution in [1.29, 1.82) is 0 Å². The summed E-state index contributed by atoms with van der Waals surface area (Å²) in [7, 11) is 0. The quantitative estimate of drug-likeness (QED) is 0.330. The number of carbonyl (C=O) groups excluding carboxylic acids is 1. The first-order valence-electron chi connectivity index (χ1n) is 13.0. The summed E-state index contributed by atoms with van der Waals surface area (Å²) in [6.45, 7) is 6.29. The van der Waals surface area contributed by atoms with E-state index in [9.17, 15) is 4.79 Å². The van der Waals surface area contributed by atoms with E-state index in [1.54, 1.807) is 6.20 Å². The first-order chi connectivity index (χ1) is 18.1. The molecule has 2 heterocycles. The molecule has 2 atom stereocenters. The molecule has 2 aliphatic rings. The predicted molar refractivity (Wildman–Crippen MR) is 150 cm³/mol. The first kappa shape index (κ1) is 26.2. The SMILES string of the molecule is CCNC(=O)c1ccccc1[AsH]c1nc(Nc2ccc3c(c2)CCC(N2CCOCC2)CC3)ncc1Cl. The van der Waals surface area contributed by atoms with E-state index >= 15 is 0 Å². The molecular formula is C28H33AsClN5O2. The zero-order valence-electron chi connectivity index (χ0n) is 21.1. The van der Waals surface area contributed by atoms with E-state index in [1.807, 2.05) is 31.2 Å². The van der Waals surface area contributed by atoms with Gasteiger partial charge in [0.1, 0.15) is 0 Å². The van der Waals surface area contributed by atoms with Crippen LogP contribution in [0, 0.1) is 0 Å². The fourth-order valence-electron chi connectivity index (χ4n) is 5.09. The Kier molecular flexibility index (Phi) is 8.77. The Morgan fingerprint density at radius 1 is 1.14 bits per heavy atom. The number of carbonyl (C=O) groups is 1. The monoisotopic (exact) mass is 581 g/mol. The Morgan fingerprint density at radius 3 is 2.73 bits per heavy atom. The van der Waals surface area contributed by atoms with Crippen molar-refractivity contribution < 1.29 is 9.53 Å². The average molecular weight is 582 g/mol. The topological polar surface area (TPSA) is 79.4 Å². The number of aromatic nitrogens is 2. The molecule has 2 N–H and O–H groups in total. The summed E-state index contributed by atoms with van der Waals surface area (Å²) in [5.41, 5.74) is 4.51. The number of hydrogen-bond acceptors (Lipinski definition) is 6. The van der Waals surface area contributed by atoms with Crippen LogP contribution in [0.3, 0.4) is 0 Å². The van der Waals surface area contributed by atoms with Gasteiger partial charge in [0.2, 0.25) is 0 Å². The van der Waals surface area contributed by atoms with Gasteiger partial charge in [-0.25, -0.2) is 0 Å². The van der Waals surface area contributed by atoms with Gasteiger partial charge in [-0.2, -0.15) is 0 Å². The number of fused-ring (bicyclic) bond motifs is 1. The van der Waals surface area contributed by atoms with Gasteiger partial charge in [0, 0.05) is 0 Å². The maximum absolute atomic E-state index is 12.5. The van der Waals surface area contributed by atoms with E-state index in [0.717, 1.165) is 53.7 Å². The number of halogens is 1. The molecule has 1 fully saturated rings. The third-order valence-electron chi connectivity index (χ3n) is 7.02. The molecule has 194 valence electrons. The maximum atomic E-state index is 12.5. The summed E-state index contributed by atoms with van der Waals surface area (Å²) in [4.78, 5) is 24.3. The normalized spacial score (nSPS) is 18.4. The Labute approximate surface area is 230 Å². The molecule has 1 aliphatic carbocycles. The molecule has 1 aromatic heterocycles. The van der Waals surface area contributed by atoms with Crippen LogP contribution in [-0.2, 0) is 17.6 Å². The Bertz CT molecular complexity index is 1250. The number of amides is 1. The van der Waals surface area contributed by atoms with Crippen LogP contribution in [0.4, 0.5) is 11.6 Å². The molecule has 7 nitrogen and oxygen atoms in total. The Morgan fingerprint density at radius 2 is 1.92 bits per heavy atom. The first-order valence-corrected chi connectivity index (χ1v) is 15.5. The van der Waals surface area contributed by atoms with Gasteiger partial charge in [0.05, 0.1) is 13.2 Å². The molecule has 37 heavy (non-hydrogen) atoms. The molecule has 0 radical (unpaired) electrons. The summed E-state index contributed by atoms with van der Waals surface area (Å²) in [6.07, 6.45) is 6.21. The number of benzene rings is 2. The van der Waals surface area contributed by atoms with E-state index in [0.29, 0.717) is 29.1 Å². The molecular weight excluding hydrogens is 549 g/mol. The zero-order valence-corrected chi connectivity index (χ0v) is 24.0. The predicted octanol–water partition coefficient (Wildman–Crippen LogP) is 2.59. The van der Waals surface area contributed by atoms with Crippen molar-refractivity contribution in [3.05, 3.63) is 70.4 Å². The summed E-state index contributed by atoms with van der Waals surface area (Å²) in [5.74, 6) is 0.463. The van der Waals surface area contributed by atoms with Gasteiger partial charge in [-0.05, 0) is 0 Å². The van der Waals surface area contributed by atoms with Crippen molar-refractivity contribution in [3.8, 4) is 0 Å². The summed E-state index contributed by atoms with van der Waals surface area (Å²) in [6, 6.07) is 14.9. The van der Waals surface area contributed by atoms with Gasteiger partial charge in [-0.1, -0.05) is 0 Å². The molecule has 3 aromatic rings. The van der Waals surface area contributed by atoms with Crippen molar-refractivity contribution in [2.45, 2.75) is 38.6 Å². The number of aryl methyl sites for hydroxylation is 2. The zero-order chi connectivity index (χ0) is 25.6. The molecule has 0 saturated carbocycles. The van der Waals surface area contributed by atoms with Gasteiger partial charge in [-0.15, -0.1) is 0 Å². The number of anilines is 2. The number of ether oxygens (including phenoxy) is 1. The van der Waals surface area contributed by atoms with Crippen LogP contribution in [0.1, 0.15) is 41.3 Å². The molecule has 2 aromatic carbocycles. The average Bonchev–Trinajstić information content (AvgIpc) is 3.14. The van der Waals surface area contributed by atoms with E-state index < -0.39 is 15.8 Å². The second-order valence-corrected chi connectivity index (χ2v) is 12.5. The van der Waals surface area contributed by atoms with E-state index in [4.69, 9.17) is 21.3 Å². The molecule has 1 saturated heterocycles. The van der Waals surface area contributed by atoms with Gasteiger partial charge >= 0.3 is 213 Å². The standard InChI is InChI=1S/C28H33AsClN5O2/c1-2-31-27(36)23-5-3-4-6-24(23)29-26-25(30)18-32-28(34-26)33-21-10-7-19-8-11-22(12-9-20(19)17-21)35-13-15-37-16-14-35/h3-7,10,17-18,22,29H,2,8-9,11-16H2,1H3,(H,31,36)(H,32,33,34). The third kappa shape index (κ3) is 6.53. The van der Waals surface area contributed by atoms with E-state index in [-0.39, 0.29) is 5.91 Å². The van der Waals surface area contributed by atoms with Crippen LogP contribution in [0.25, 0.3) is 0 Å². The van der Waals surface area contributed by atoms with Gasteiger partial charge in [0.25, 0.3) is 0 Å². The Balaban J connectivity index is 1.29. The number of hydrogen-bond donors (Lipinski definition) is 2. The van der Waals surface area contributed by atoms with Crippen molar-refractivity contribution in [1.82, 2.24) is 20.2 Å². The van der Waals surface area contributed by atoms with Gasteiger partial charge in [0.15, 0.2) is 0 Å². The summed E-state index contributed by atoms with van der Waals surface area (Å²) in [5, 5.41) is 6.82. The van der Waals surface area contributed by atoms with Crippen LogP contribution in [0.15, 0.2) is 48.7 Å². The minimum absolute atomic E-state index is 0.0637. The minimum atomic E-state index is -0.940. The molecule has 0 bridgehead atoms. The van der Waals surface area contributed by atoms with Crippen LogP contribution in [0.2, 0.25) is 5.02 Å². The number of rotatable bonds is 7. The molecule has 0 spiro atoms.